The molecule has 0 fully saturated rings. The number of hydrogen-bond donors (Lipinski definition) is 1. The molecule has 0 radical (unpaired) electrons. The first-order valence-electron chi connectivity index (χ1n) is 7.72. The minimum absolute atomic E-state index is 0.0679. The molecule has 118 valence electrons. The molecule has 3 nitrogen and oxygen atoms in total. The van der Waals surface area contributed by atoms with Crippen LogP contribution in [-0.2, 0) is 4.79 Å². The standard InChI is InChI=1S/C19H19FN2O/c1-11-14(10-21)17(12-4-6-13(20)7-5-12)18-15(22-11)8-19(2,3)9-16(18)23/h4-7,17,22H,8-9H2,1-3H3. The highest BCUT2D eigenvalue weighted by Gasteiger charge is 2.40. The van der Waals surface area contributed by atoms with Crippen LogP contribution in [0.4, 0.5) is 4.39 Å². The molecule has 0 bridgehead atoms. The number of nitrogens with zero attached hydrogens (tertiary/aromatic N) is 1. The predicted molar refractivity (Wildman–Crippen MR) is 85.6 cm³/mol. The summed E-state index contributed by atoms with van der Waals surface area (Å²) in [5, 5.41) is 12.8. The third kappa shape index (κ3) is 2.68. The van der Waals surface area contributed by atoms with Gasteiger partial charge in [0.05, 0.1) is 17.6 Å². The lowest BCUT2D eigenvalue weighted by atomic mass is 9.69. The first kappa shape index (κ1) is 15.5. The normalized spacial score (nSPS) is 23.3. The van der Waals surface area contributed by atoms with Crippen molar-refractivity contribution in [1.29, 1.82) is 5.26 Å². The van der Waals surface area contributed by atoms with E-state index in [9.17, 15) is 14.4 Å². The van der Waals surface area contributed by atoms with Gasteiger partial charge in [0.1, 0.15) is 5.82 Å². The fourth-order valence-electron chi connectivity index (χ4n) is 3.57. The molecule has 1 N–H and O–H groups in total. The molecule has 0 aromatic heterocycles. The Balaban J connectivity index is 2.17. The number of allylic oxidation sites excluding steroid dienone is 4. The van der Waals surface area contributed by atoms with Gasteiger partial charge in [-0.2, -0.15) is 5.26 Å². The minimum Gasteiger partial charge on any atom is -0.361 e. The maximum Gasteiger partial charge on any atom is 0.162 e. The lowest BCUT2D eigenvalue weighted by Crippen LogP contribution is -2.36. The SMILES string of the molecule is CC1=C(C#N)C(c2ccc(F)cc2)C2=C(CC(C)(C)CC2=O)N1. The van der Waals surface area contributed by atoms with Gasteiger partial charge in [-0.25, -0.2) is 4.39 Å². The predicted octanol–water partition coefficient (Wildman–Crippen LogP) is 3.95. The summed E-state index contributed by atoms with van der Waals surface area (Å²) in [6, 6.07) is 8.30. The van der Waals surface area contributed by atoms with Crippen LogP contribution in [0.25, 0.3) is 0 Å². The molecule has 1 aromatic rings. The monoisotopic (exact) mass is 310 g/mol. The van der Waals surface area contributed by atoms with E-state index >= 15 is 0 Å². The van der Waals surface area contributed by atoms with Gasteiger partial charge in [-0.15, -0.1) is 0 Å². The van der Waals surface area contributed by atoms with Gasteiger partial charge >= 0.3 is 0 Å². The Morgan fingerprint density at radius 2 is 1.91 bits per heavy atom. The topological polar surface area (TPSA) is 52.9 Å². The molecular formula is C19H19FN2O. The van der Waals surface area contributed by atoms with E-state index in [1.165, 1.54) is 12.1 Å². The average molecular weight is 310 g/mol. The number of ketones is 1. The van der Waals surface area contributed by atoms with Crippen molar-refractivity contribution in [3.8, 4) is 6.07 Å². The quantitative estimate of drug-likeness (QED) is 0.854. The Kier molecular flexibility index (Phi) is 3.60. The van der Waals surface area contributed by atoms with E-state index < -0.39 is 5.92 Å². The molecule has 1 heterocycles. The minimum atomic E-state index is -0.402. The third-order valence-electron chi connectivity index (χ3n) is 4.56. The lowest BCUT2D eigenvalue weighted by Gasteiger charge is -2.38. The molecule has 0 spiro atoms. The number of hydrogen-bond acceptors (Lipinski definition) is 3. The molecule has 1 aliphatic carbocycles. The Hall–Kier alpha value is -2.41. The van der Waals surface area contributed by atoms with Crippen molar-refractivity contribution < 1.29 is 9.18 Å². The summed E-state index contributed by atoms with van der Waals surface area (Å²) < 4.78 is 13.3. The van der Waals surface area contributed by atoms with Gasteiger partial charge in [0, 0.05) is 23.4 Å². The first-order chi connectivity index (χ1) is 10.8. The van der Waals surface area contributed by atoms with Crippen LogP contribution in [0.1, 0.15) is 45.1 Å². The second-order valence-corrected chi connectivity index (χ2v) is 7.09. The highest BCUT2D eigenvalue weighted by atomic mass is 19.1. The van der Waals surface area contributed by atoms with Gasteiger partial charge in [-0.3, -0.25) is 4.79 Å². The van der Waals surface area contributed by atoms with E-state index in [1.54, 1.807) is 12.1 Å². The third-order valence-corrected chi connectivity index (χ3v) is 4.56. The van der Waals surface area contributed by atoms with E-state index in [-0.39, 0.29) is 17.0 Å². The van der Waals surface area contributed by atoms with Crippen molar-refractivity contribution in [3.05, 3.63) is 58.2 Å². The molecule has 4 heteroatoms. The smallest absolute Gasteiger partial charge is 0.162 e. The number of nitrogens with one attached hydrogen (secondary N) is 1. The number of Topliss-reactive ketones (excluding diaryl/α,β-unsaturated/α-hetero) is 1. The fraction of sp³-hybridized carbons (Fsp3) is 0.368. The van der Waals surface area contributed by atoms with Gasteiger partial charge < -0.3 is 5.32 Å². The van der Waals surface area contributed by atoms with Crippen LogP contribution in [0.15, 0.2) is 46.8 Å². The number of dihydropyridines is 1. The second kappa shape index (κ2) is 5.34. The van der Waals surface area contributed by atoms with Crippen LogP contribution in [0.5, 0.6) is 0 Å². The Morgan fingerprint density at radius 1 is 1.26 bits per heavy atom. The number of benzene rings is 1. The zero-order chi connectivity index (χ0) is 16.8. The maximum absolute atomic E-state index is 13.3. The number of halogens is 1. The summed E-state index contributed by atoms with van der Waals surface area (Å²) in [6.45, 7) is 6.00. The van der Waals surface area contributed by atoms with Crippen molar-refractivity contribution in [1.82, 2.24) is 5.32 Å². The average Bonchev–Trinajstić information content (AvgIpc) is 2.45. The summed E-state index contributed by atoms with van der Waals surface area (Å²) in [6.07, 6.45) is 1.23. The summed E-state index contributed by atoms with van der Waals surface area (Å²) in [4.78, 5) is 12.8. The summed E-state index contributed by atoms with van der Waals surface area (Å²) in [5.74, 6) is -0.661. The van der Waals surface area contributed by atoms with Gasteiger partial charge in [0.25, 0.3) is 0 Å². The molecule has 1 aromatic carbocycles. The van der Waals surface area contributed by atoms with Crippen LogP contribution in [0.3, 0.4) is 0 Å². The molecule has 1 unspecified atom stereocenters. The van der Waals surface area contributed by atoms with Crippen LogP contribution in [-0.4, -0.2) is 5.78 Å². The van der Waals surface area contributed by atoms with Crippen molar-refractivity contribution >= 4 is 5.78 Å². The van der Waals surface area contributed by atoms with E-state index in [0.717, 1.165) is 23.4 Å². The van der Waals surface area contributed by atoms with E-state index in [1.807, 2.05) is 6.92 Å². The molecule has 23 heavy (non-hydrogen) atoms. The summed E-state index contributed by atoms with van der Waals surface area (Å²) >= 11 is 0. The Bertz CT molecular complexity index is 779. The van der Waals surface area contributed by atoms with E-state index in [2.05, 4.69) is 25.2 Å². The number of nitriles is 1. The maximum atomic E-state index is 13.3. The number of rotatable bonds is 1. The zero-order valence-electron chi connectivity index (χ0n) is 13.5. The van der Waals surface area contributed by atoms with Crippen molar-refractivity contribution in [3.63, 3.8) is 0 Å². The van der Waals surface area contributed by atoms with Crippen LogP contribution in [0, 0.1) is 22.6 Å². The largest absolute Gasteiger partial charge is 0.361 e. The Labute approximate surface area is 135 Å². The molecule has 0 saturated heterocycles. The molecule has 0 saturated carbocycles. The number of carbonyl (C=O) groups excluding carboxylic acids is 1. The highest BCUT2D eigenvalue weighted by Crippen LogP contribution is 2.46. The Morgan fingerprint density at radius 3 is 2.52 bits per heavy atom. The summed E-state index contributed by atoms with van der Waals surface area (Å²) in [5.41, 5.74) is 3.55. The van der Waals surface area contributed by atoms with Crippen molar-refractivity contribution in [2.45, 2.75) is 39.5 Å². The molecular weight excluding hydrogens is 291 g/mol. The molecule has 2 aliphatic rings. The van der Waals surface area contributed by atoms with Crippen molar-refractivity contribution in [2.24, 2.45) is 5.41 Å². The van der Waals surface area contributed by atoms with E-state index in [0.29, 0.717) is 17.6 Å². The second-order valence-electron chi connectivity index (χ2n) is 7.09. The highest BCUT2D eigenvalue weighted by molar-refractivity contribution is 6.00. The van der Waals surface area contributed by atoms with Crippen LogP contribution in [0.2, 0.25) is 0 Å². The molecule has 1 aliphatic heterocycles. The van der Waals surface area contributed by atoms with Gasteiger partial charge in [-0.1, -0.05) is 26.0 Å². The first-order valence-corrected chi connectivity index (χ1v) is 7.72. The number of carbonyl (C=O) groups is 1. The van der Waals surface area contributed by atoms with Gasteiger partial charge in [0.15, 0.2) is 5.78 Å². The molecule has 3 rings (SSSR count). The van der Waals surface area contributed by atoms with Gasteiger partial charge in [0.2, 0.25) is 0 Å². The van der Waals surface area contributed by atoms with Crippen LogP contribution >= 0.6 is 0 Å². The molecule has 0 amide bonds. The van der Waals surface area contributed by atoms with E-state index in [4.69, 9.17) is 0 Å². The lowest BCUT2D eigenvalue weighted by molar-refractivity contribution is -0.118. The fourth-order valence-corrected chi connectivity index (χ4v) is 3.57. The molecule has 1 atom stereocenters. The van der Waals surface area contributed by atoms with Crippen molar-refractivity contribution in [2.75, 3.05) is 0 Å². The van der Waals surface area contributed by atoms with Crippen LogP contribution < -0.4 is 5.32 Å². The summed E-state index contributed by atoms with van der Waals surface area (Å²) in [7, 11) is 0. The zero-order valence-corrected chi connectivity index (χ0v) is 13.5. The van der Waals surface area contributed by atoms with Gasteiger partial charge in [-0.05, 0) is 36.5 Å².